The highest BCUT2D eigenvalue weighted by atomic mass is 15.1. The molecule has 0 spiro atoms. The van der Waals surface area contributed by atoms with Crippen LogP contribution in [0.2, 0.25) is 0 Å². The number of nitrogens with zero attached hydrogens (tertiary/aromatic N) is 1. The molecule has 0 saturated heterocycles. The van der Waals surface area contributed by atoms with Gasteiger partial charge in [-0.2, -0.15) is 0 Å². The van der Waals surface area contributed by atoms with Crippen molar-refractivity contribution in [3.05, 3.63) is 29.8 Å². The second-order valence-electron chi connectivity index (χ2n) is 4.75. The van der Waals surface area contributed by atoms with E-state index in [1.807, 2.05) is 0 Å². The van der Waals surface area contributed by atoms with E-state index in [0.717, 1.165) is 6.54 Å². The highest BCUT2D eigenvalue weighted by Crippen LogP contribution is 2.12. The average molecular weight is 234 g/mol. The van der Waals surface area contributed by atoms with Gasteiger partial charge in [0.05, 0.1) is 0 Å². The highest BCUT2D eigenvalue weighted by Gasteiger charge is 1.97. The fourth-order valence-corrected chi connectivity index (χ4v) is 1.99. The molecule has 0 bridgehead atoms. The summed E-state index contributed by atoms with van der Waals surface area (Å²) in [7, 11) is 2.21. The average Bonchev–Trinajstić information content (AvgIpc) is 2.31. The van der Waals surface area contributed by atoms with Crippen molar-refractivity contribution in [3.8, 4) is 0 Å². The summed E-state index contributed by atoms with van der Waals surface area (Å²) in [6, 6.07) is 8.47. The molecule has 0 radical (unpaired) electrons. The van der Waals surface area contributed by atoms with Crippen molar-refractivity contribution in [1.29, 1.82) is 0 Å². The topological polar surface area (TPSA) is 15.3 Å². The minimum Gasteiger partial charge on any atom is -0.385 e. The normalized spacial score (nSPS) is 10.8. The molecule has 17 heavy (non-hydrogen) atoms. The van der Waals surface area contributed by atoms with Crippen molar-refractivity contribution >= 4 is 5.69 Å². The Kier molecular flexibility index (Phi) is 6.71. The molecule has 1 aromatic carbocycles. The fourth-order valence-electron chi connectivity index (χ4n) is 1.99. The summed E-state index contributed by atoms with van der Waals surface area (Å²) in [5.74, 6) is 0. The molecular weight excluding hydrogens is 208 g/mol. The zero-order chi connectivity index (χ0) is 12.5. The van der Waals surface area contributed by atoms with Gasteiger partial charge >= 0.3 is 0 Å². The maximum atomic E-state index is 3.50. The number of benzene rings is 1. The molecule has 0 aliphatic rings. The van der Waals surface area contributed by atoms with Gasteiger partial charge in [-0.25, -0.2) is 0 Å². The summed E-state index contributed by atoms with van der Waals surface area (Å²) in [4.78, 5) is 2.41. The summed E-state index contributed by atoms with van der Waals surface area (Å²) >= 11 is 0. The number of aryl methyl sites for hydroxylation is 1. The summed E-state index contributed by atoms with van der Waals surface area (Å²) < 4.78 is 0. The Morgan fingerprint density at radius 2 is 1.88 bits per heavy atom. The van der Waals surface area contributed by atoms with Crippen LogP contribution in [-0.4, -0.2) is 31.6 Å². The summed E-state index contributed by atoms with van der Waals surface area (Å²) in [6.07, 6.45) is 3.76. The Bertz CT molecular complexity index is 310. The smallest absolute Gasteiger partial charge is 0.0369 e. The van der Waals surface area contributed by atoms with Crippen LogP contribution in [0.3, 0.4) is 0 Å². The molecule has 0 aliphatic carbocycles. The number of nitrogens with one attached hydrogen (secondary N) is 1. The summed E-state index contributed by atoms with van der Waals surface area (Å²) in [5, 5.41) is 3.50. The molecule has 0 amide bonds. The van der Waals surface area contributed by atoms with Crippen LogP contribution in [0.5, 0.6) is 0 Å². The number of hydrogen-bond acceptors (Lipinski definition) is 2. The zero-order valence-corrected chi connectivity index (χ0v) is 11.5. The highest BCUT2D eigenvalue weighted by molar-refractivity contribution is 5.49. The van der Waals surface area contributed by atoms with Crippen molar-refractivity contribution in [2.24, 2.45) is 0 Å². The fraction of sp³-hybridized carbons (Fsp3) is 0.600. The Hall–Kier alpha value is -1.02. The molecule has 2 heteroatoms. The molecule has 0 aliphatic heterocycles. The van der Waals surface area contributed by atoms with Gasteiger partial charge in [-0.3, -0.25) is 0 Å². The van der Waals surface area contributed by atoms with Crippen LogP contribution in [0.25, 0.3) is 0 Å². The van der Waals surface area contributed by atoms with E-state index in [1.165, 1.54) is 43.6 Å². The molecule has 0 heterocycles. The number of unbranched alkanes of at least 4 members (excludes halogenated alkanes) is 1. The van der Waals surface area contributed by atoms with E-state index < -0.39 is 0 Å². The van der Waals surface area contributed by atoms with E-state index in [1.54, 1.807) is 0 Å². The van der Waals surface area contributed by atoms with Crippen LogP contribution in [-0.2, 0) is 0 Å². The van der Waals surface area contributed by atoms with Crippen LogP contribution in [0.4, 0.5) is 5.69 Å². The molecular formula is C15H26N2. The van der Waals surface area contributed by atoms with E-state index in [4.69, 9.17) is 0 Å². The van der Waals surface area contributed by atoms with Gasteiger partial charge in [-0.05, 0) is 58.0 Å². The van der Waals surface area contributed by atoms with E-state index in [-0.39, 0.29) is 0 Å². The van der Waals surface area contributed by atoms with E-state index in [0.29, 0.717) is 0 Å². The lowest BCUT2D eigenvalue weighted by Gasteiger charge is -2.15. The van der Waals surface area contributed by atoms with Crippen molar-refractivity contribution in [1.82, 2.24) is 4.90 Å². The van der Waals surface area contributed by atoms with E-state index in [2.05, 4.69) is 55.4 Å². The summed E-state index contributed by atoms with van der Waals surface area (Å²) in [6.45, 7) is 7.88. The van der Waals surface area contributed by atoms with Crippen molar-refractivity contribution in [2.75, 3.05) is 32.0 Å². The molecule has 0 fully saturated rings. The van der Waals surface area contributed by atoms with Crippen LogP contribution in [0.15, 0.2) is 24.3 Å². The first-order valence-electron chi connectivity index (χ1n) is 6.72. The molecule has 0 atom stereocenters. The van der Waals surface area contributed by atoms with Crippen LogP contribution in [0.1, 0.15) is 31.7 Å². The first kappa shape index (κ1) is 14.0. The first-order chi connectivity index (χ1) is 8.24. The van der Waals surface area contributed by atoms with Gasteiger partial charge in [-0.15, -0.1) is 0 Å². The number of rotatable bonds is 8. The van der Waals surface area contributed by atoms with Gasteiger partial charge in [0.15, 0.2) is 0 Å². The molecule has 0 saturated carbocycles. The van der Waals surface area contributed by atoms with Gasteiger partial charge in [-0.1, -0.05) is 25.1 Å². The van der Waals surface area contributed by atoms with Crippen LogP contribution < -0.4 is 5.32 Å². The minimum atomic E-state index is 1.07. The third-order valence-corrected chi connectivity index (χ3v) is 3.03. The molecule has 2 nitrogen and oxygen atoms in total. The molecule has 1 rings (SSSR count). The van der Waals surface area contributed by atoms with Gasteiger partial charge < -0.3 is 10.2 Å². The maximum Gasteiger partial charge on any atom is 0.0369 e. The maximum absolute atomic E-state index is 3.50. The third kappa shape index (κ3) is 5.73. The first-order valence-corrected chi connectivity index (χ1v) is 6.72. The second kappa shape index (κ2) is 8.13. The quantitative estimate of drug-likeness (QED) is 0.692. The molecule has 1 N–H and O–H groups in total. The second-order valence-corrected chi connectivity index (χ2v) is 4.75. The van der Waals surface area contributed by atoms with E-state index >= 15 is 0 Å². The number of anilines is 1. The predicted octanol–water partition coefficient (Wildman–Crippen LogP) is 3.53. The Labute approximate surface area is 106 Å². The Morgan fingerprint density at radius 1 is 1.12 bits per heavy atom. The van der Waals surface area contributed by atoms with Gasteiger partial charge in [0, 0.05) is 12.2 Å². The Morgan fingerprint density at radius 3 is 2.59 bits per heavy atom. The third-order valence-electron chi connectivity index (χ3n) is 3.03. The molecule has 0 aromatic heterocycles. The summed E-state index contributed by atoms with van der Waals surface area (Å²) in [5.41, 5.74) is 2.60. The van der Waals surface area contributed by atoms with Gasteiger partial charge in [0.1, 0.15) is 0 Å². The zero-order valence-electron chi connectivity index (χ0n) is 11.5. The number of hydrogen-bond donors (Lipinski definition) is 1. The van der Waals surface area contributed by atoms with Crippen LogP contribution >= 0.6 is 0 Å². The van der Waals surface area contributed by atoms with Crippen molar-refractivity contribution < 1.29 is 0 Å². The molecule has 0 unspecified atom stereocenters. The van der Waals surface area contributed by atoms with Gasteiger partial charge in [0.2, 0.25) is 0 Å². The monoisotopic (exact) mass is 234 g/mol. The predicted molar refractivity (Wildman–Crippen MR) is 76.7 cm³/mol. The van der Waals surface area contributed by atoms with Gasteiger partial charge in [0.25, 0.3) is 0 Å². The lowest BCUT2D eigenvalue weighted by atomic mass is 10.2. The van der Waals surface area contributed by atoms with Crippen LogP contribution in [0, 0.1) is 6.92 Å². The SMILES string of the molecule is CCCN(C)CCCCNc1ccccc1C. The number of para-hydroxylation sites is 1. The Balaban J connectivity index is 2.10. The standard InChI is InChI=1S/C15H26N2/c1-4-12-17(3)13-8-7-11-16-15-10-6-5-9-14(15)2/h5-6,9-10,16H,4,7-8,11-13H2,1-3H3. The lowest BCUT2D eigenvalue weighted by molar-refractivity contribution is 0.328. The molecule has 1 aromatic rings. The van der Waals surface area contributed by atoms with Crippen molar-refractivity contribution in [2.45, 2.75) is 33.1 Å². The van der Waals surface area contributed by atoms with E-state index in [9.17, 15) is 0 Å². The largest absolute Gasteiger partial charge is 0.385 e. The minimum absolute atomic E-state index is 1.07. The lowest BCUT2D eigenvalue weighted by Crippen LogP contribution is -2.20. The van der Waals surface area contributed by atoms with Crippen molar-refractivity contribution in [3.63, 3.8) is 0 Å². The molecule has 96 valence electrons.